The SMILES string of the molecule is CCCc1ccc(C(=O)CCC(=O)NCC2CNC2)cc1. The van der Waals surface area contributed by atoms with E-state index in [1.807, 2.05) is 24.3 Å². The molecule has 4 nitrogen and oxygen atoms in total. The molecule has 1 aliphatic rings. The molecule has 1 fully saturated rings. The second-order valence-corrected chi connectivity index (χ2v) is 5.70. The number of hydrogen-bond donors (Lipinski definition) is 2. The molecule has 0 aromatic heterocycles. The van der Waals surface area contributed by atoms with Gasteiger partial charge in [0.2, 0.25) is 5.91 Å². The minimum absolute atomic E-state index is 0.0298. The van der Waals surface area contributed by atoms with Crippen molar-refractivity contribution in [3.05, 3.63) is 35.4 Å². The van der Waals surface area contributed by atoms with E-state index in [-0.39, 0.29) is 24.5 Å². The van der Waals surface area contributed by atoms with Gasteiger partial charge in [-0.3, -0.25) is 9.59 Å². The van der Waals surface area contributed by atoms with Crippen LogP contribution in [-0.2, 0) is 11.2 Å². The molecular formula is C17H24N2O2. The molecule has 2 N–H and O–H groups in total. The van der Waals surface area contributed by atoms with E-state index in [1.165, 1.54) is 5.56 Å². The molecule has 0 spiro atoms. The van der Waals surface area contributed by atoms with Crippen LogP contribution < -0.4 is 10.6 Å². The van der Waals surface area contributed by atoms with E-state index >= 15 is 0 Å². The second kappa shape index (κ2) is 7.93. The second-order valence-electron chi connectivity index (χ2n) is 5.70. The maximum Gasteiger partial charge on any atom is 0.220 e. The van der Waals surface area contributed by atoms with E-state index in [9.17, 15) is 9.59 Å². The average Bonchev–Trinajstić information content (AvgIpc) is 2.44. The van der Waals surface area contributed by atoms with Crippen LogP contribution in [0.4, 0.5) is 0 Å². The third-order valence-corrected chi connectivity index (χ3v) is 3.85. The van der Waals surface area contributed by atoms with E-state index in [0.717, 1.165) is 25.9 Å². The normalized spacial score (nSPS) is 14.5. The summed E-state index contributed by atoms with van der Waals surface area (Å²) in [5.41, 5.74) is 1.95. The molecule has 1 aromatic carbocycles. The van der Waals surface area contributed by atoms with Gasteiger partial charge in [0.05, 0.1) is 0 Å². The van der Waals surface area contributed by atoms with Crippen LogP contribution in [0.3, 0.4) is 0 Å². The van der Waals surface area contributed by atoms with Crippen molar-refractivity contribution in [2.24, 2.45) is 5.92 Å². The Morgan fingerprint density at radius 1 is 1.19 bits per heavy atom. The zero-order valence-electron chi connectivity index (χ0n) is 12.7. The number of hydrogen-bond acceptors (Lipinski definition) is 3. The molecule has 21 heavy (non-hydrogen) atoms. The molecule has 1 heterocycles. The van der Waals surface area contributed by atoms with Crippen molar-refractivity contribution in [1.29, 1.82) is 0 Å². The molecule has 1 aliphatic heterocycles. The minimum Gasteiger partial charge on any atom is -0.356 e. The standard InChI is InChI=1S/C17H24N2O2/c1-2-3-13-4-6-15(7-5-13)16(20)8-9-17(21)19-12-14-10-18-11-14/h4-7,14,18H,2-3,8-12H2,1H3,(H,19,21). The van der Waals surface area contributed by atoms with Gasteiger partial charge in [-0.05, 0) is 12.0 Å². The molecule has 1 saturated heterocycles. The zero-order chi connectivity index (χ0) is 15.1. The monoisotopic (exact) mass is 288 g/mol. The first-order valence-electron chi connectivity index (χ1n) is 7.78. The summed E-state index contributed by atoms with van der Waals surface area (Å²) >= 11 is 0. The number of carbonyl (C=O) groups excluding carboxylic acids is 2. The molecular weight excluding hydrogens is 264 g/mol. The van der Waals surface area contributed by atoms with Gasteiger partial charge < -0.3 is 10.6 Å². The highest BCUT2D eigenvalue weighted by molar-refractivity contribution is 5.97. The highest BCUT2D eigenvalue weighted by atomic mass is 16.2. The van der Waals surface area contributed by atoms with Gasteiger partial charge in [0.25, 0.3) is 0 Å². The summed E-state index contributed by atoms with van der Waals surface area (Å²) in [6.07, 6.45) is 2.69. The zero-order valence-corrected chi connectivity index (χ0v) is 12.7. The van der Waals surface area contributed by atoms with Crippen LogP contribution in [0.25, 0.3) is 0 Å². The predicted octanol–water partition coefficient (Wildman–Crippen LogP) is 1.94. The van der Waals surface area contributed by atoms with Crippen LogP contribution in [0.1, 0.15) is 42.1 Å². The summed E-state index contributed by atoms with van der Waals surface area (Å²) in [4.78, 5) is 23.7. The van der Waals surface area contributed by atoms with Crippen molar-refractivity contribution >= 4 is 11.7 Å². The Morgan fingerprint density at radius 3 is 2.48 bits per heavy atom. The smallest absolute Gasteiger partial charge is 0.220 e. The Morgan fingerprint density at radius 2 is 1.90 bits per heavy atom. The lowest BCUT2D eigenvalue weighted by Gasteiger charge is -2.27. The van der Waals surface area contributed by atoms with E-state index in [0.29, 0.717) is 18.0 Å². The number of amides is 1. The molecule has 0 unspecified atom stereocenters. The first-order valence-corrected chi connectivity index (χ1v) is 7.78. The van der Waals surface area contributed by atoms with Crippen LogP contribution >= 0.6 is 0 Å². The van der Waals surface area contributed by atoms with Gasteiger partial charge >= 0.3 is 0 Å². The number of rotatable bonds is 8. The third kappa shape index (κ3) is 4.97. The molecule has 2 rings (SSSR count). The van der Waals surface area contributed by atoms with Crippen LogP contribution in [-0.4, -0.2) is 31.3 Å². The molecule has 0 aliphatic carbocycles. The van der Waals surface area contributed by atoms with Crippen LogP contribution in [0, 0.1) is 5.92 Å². The number of benzene rings is 1. The summed E-state index contributed by atoms with van der Waals surface area (Å²) in [6, 6.07) is 7.73. The lowest BCUT2D eigenvalue weighted by atomic mass is 10.0. The topological polar surface area (TPSA) is 58.2 Å². The minimum atomic E-state index is -0.0298. The largest absolute Gasteiger partial charge is 0.356 e. The fraction of sp³-hybridized carbons (Fsp3) is 0.529. The molecule has 1 amide bonds. The van der Waals surface area contributed by atoms with Crippen molar-refractivity contribution in [1.82, 2.24) is 10.6 Å². The van der Waals surface area contributed by atoms with Gasteiger partial charge in [-0.1, -0.05) is 37.6 Å². The molecule has 1 aromatic rings. The van der Waals surface area contributed by atoms with Gasteiger partial charge in [0, 0.05) is 44.0 Å². The summed E-state index contributed by atoms with van der Waals surface area (Å²) in [7, 11) is 0. The fourth-order valence-corrected chi connectivity index (χ4v) is 2.36. The van der Waals surface area contributed by atoms with Gasteiger partial charge in [0.1, 0.15) is 0 Å². The highest BCUT2D eigenvalue weighted by Crippen LogP contribution is 2.10. The Hall–Kier alpha value is -1.68. The van der Waals surface area contributed by atoms with Crippen molar-refractivity contribution in [2.45, 2.75) is 32.6 Å². The number of aryl methyl sites for hydroxylation is 1. The number of nitrogens with one attached hydrogen (secondary N) is 2. The summed E-state index contributed by atoms with van der Waals surface area (Å²) in [5.74, 6) is 0.562. The first kappa shape index (κ1) is 15.7. The Labute approximate surface area is 126 Å². The van der Waals surface area contributed by atoms with E-state index in [2.05, 4.69) is 17.6 Å². The number of carbonyl (C=O) groups is 2. The van der Waals surface area contributed by atoms with Gasteiger partial charge in [-0.15, -0.1) is 0 Å². The molecule has 0 atom stereocenters. The molecule has 0 bridgehead atoms. The summed E-state index contributed by atoms with van der Waals surface area (Å²) in [6.45, 7) is 4.80. The quantitative estimate of drug-likeness (QED) is 0.719. The van der Waals surface area contributed by atoms with Crippen molar-refractivity contribution in [3.63, 3.8) is 0 Å². The van der Waals surface area contributed by atoms with Gasteiger partial charge in [-0.2, -0.15) is 0 Å². The van der Waals surface area contributed by atoms with Gasteiger partial charge in [-0.25, -0.2) is 0 Å². The van der Waals surface area contributed by atoms with Crippen LogP contribution in [0.5, 0.6) is 0 Å². The van der Waals surface area contributed by atoms with Crippen molar-refractivity contribution < 1.29 is 9.59 Å². The average molecular weight is 288 g/mol. The maximum atomic E-state index is 12.0. The van der Waals surface area contributed by atoms with Gasteiger partial charge in [0.15, 0.2) is 5.78 Å². The summed E-state index contributed by atoms with van der Waals surface area (Å²) in [5, 5.41) is 6.05. The molecule has 114 valence electrons. The molecule has 0 saturated carbocycles. The first-order chi connectivity index (χ1) is 10.2. The highest BCUT2D eigenvalue weighted by Gasteiger charge is 2.17. The van der Waals surface area contributed by atoms with E-state index in [1.54, 1.807) is 0 Å². The lowest BCUT2D eigenvalue weighted by Crippen LogP contribution is -2.48. The number of Topliss-reactive ketones (excluding diaryl/α,β-unsaturated/α-hetero) is 1. The van der Waals surface area contributed by atoms with Crippen molar-refractivity contribution in [3.8, 4) is 0 Å². The predicted molar refractivity (Wildman–Crippen MR) is 83.4 cm³/mol. The van der Waals surface area contributed by atoms with E-state index < -0.39 is 0 Å². The van der Waals surface area contributed by atoms with Crippen molar-refractivity contribution in [2.75, 3.05) is 19.6 Å². The maximum absolute atomic E-state index is 12.0. The summed E-state index contributed by atoms with van der Waals surface area (Å²) < 4.78 is 0. The Balaban J connectivity index is 1.71. The molecule has 0 radical (unpaired) electrons. The molecule has 4 heteroatoms. The Bertz CT molecular complexity index is 478. The van der Waals surface area contributed by atoms with Crippen LogP contribution in [0.2, 0.25) is 0 Å². The lowest BCUT2D eigenvalue weighted by molar-refractivity contribution is -0.121. The fourth-order valence-electron chi connectivity index (χ4n) is 2.36. The number of ketones is 1. The van der Waals surface area contributed by atoms with E-state index in [4.69, 9.17) is 0 Å². The Kier molecular flexibility index (Phi) is 5.93. The van der Waals surface area contributed by atoms with Crippen LogP contribution in [0.15, 0.2) is 24.3 Å². The third-order valence-electron chi connectivity index (χ3n) is 3.85.